The van der Waals surface area contributed by atoms with Gasteiger partial charge in [0.2, 0.25) is 0 Å². The highest BCUT2D eigenvalue weighted by atomic mass is 79.9. The average Bonchev–Trinajstić information content (AvgIpc) is 2.24. The Hall–Kier alpha value is -0.350. The van der Waals surface area contributed by atoms with Crippen molar-refractivity contribution in [3.63, 3.8) is 0 Å². The van der Waals surface area contributed by atoms with Gasteiger partial charge >= 0.3 is 0 Å². The largest absolute Gasteiger partial charge is 0.329 e. The number of halogens is 2. The molecule has 0 bridgehead atoms. The van der Waals surface area contributed by atoms with Crippen molar-refractivity contribution in [2.45, 2.75) is 6.04 Å². The number of benzene rings is 1. The number of nitrogens with two attached hydrogens (primary N) is 1. The summed E-state index contributed by atoms with van der Waals surface area (Å²) in [6.07, 6.45) is 1.81. The molecule has 15 heavy (non-hydrogen) atoms. The normalized spacial score (nSPS) is 12.5. The van der Waals surface area contributed by atoms with E-state index in [2.05, 4.69) is 27.8 Å². The second-order valence-corrected chi connectivity index (χ2v) is 4.42. The van der Waals surface area contributed by atoms with Crippen LogP contribution in [0, 0.1) is 0 Å². The van der Waals surface area contributed by atoms with Crippen molar-refractivity contribution in [1.29, 1.82) is 0 Å². The first-order valence-electron chi connectivity index (χ1n) is 4.68. The average molecular weight is 290 g/mol. The first-order valence-corrected chi connectivity index (χ1v) is 5.85. The van der Waals surface area contributed by atoms with E-state index in [4.69, 9.17) is 17.3 Å². The van der Waals surface area contributed by atoms with Crippen LogP contribution in [0.4, 0.5) is 0 Å². The Morgan fingerprint density at radius 1 is 1.60 bits per heavy atom. The van der Waals surface area contributed by atoms with E-state index in [1.54, 1.807) is 0 Å². The Bertz CT molecular complexity index is 341. The van der Waals surface area contributed by atoms with Crippen LogP contribution in [0.2, 0.25) is 5.02 Å². The summed E-state index contributed by atoms with van der Waals surface area (Å²) in [6.45, 7) is 4.92. The highest BCUT2D eigenvalue weighted by molar-refractivity contribution is 9.10. The molecule has 1 aromatic rings. The molecule has 3 N–H and O–H groups in total. The summed E-state index contributed by atoms with van der Waals surface area (Å²) >= 11 is 9.37. The summed E-state index contributed by atoms with van der Waals surface area (Å²) in [5.74, 6) is 0. The minimum atomic E-state index is 0.119. The van der Waals surface area contributed by atoms with E-state index in [1.807, 2.05) is 24.3 Å². The lowest BCUT2D eigenvalue weighted by Gasteiger charge is -2.16. The van der Waals surface area contributed by atoms with Crippen LogP contribution >= 0.6 is 27.5 Å². The highest BCUT2D eigenvalue weighted by Crippen LogP contribution is 2.25. The summed E-state index contributed by atoms with van der Waals surface area (Å²) in [4.78, 5) is 0. The fraction of sp³-hybridized carbons (Fsp3) is 0.273. The van der Waals surface area contributed by atoms with Crippen LogP contribution in [0.25, 0.3) is 0 Å². The van der Waals surface area contributed by atoms with Crippen LogP contribution in [0.3, 0.4) is 0 Å². The van der Waals surface area contributed by atoms with Crippen LogP contribution in [0.1, 0.15) is 11.6 Å². The lowest BCUT2D eigenvalue weighted by Crippen LogP contribution is -2.28. The van der Waals surface area contributed by atoms with E-state index in [0.29, 0.717) is 11.6 Å². The fourth-order valence-electron chi connectivity index (χ4n) is 1.29. The topological polar surface area (TPSA) is 38.0 Å². The maximum Gasteiger partial charge on any atom is 0.0551 e. The molecule has 2 nitrogen and oxygen atoms in total. The molecule has 1 atom stereocenters. The molecule has 0 aliphatic carbocycles. The minimum absolute atomic E-state index is 0.119. The third-order valence-corrected chi connectivity index (χ3v) is 3.32. The standard InChI is InChI=1S/C11H14BrClN2/c1-2-5-15-11(7-14)8-3-4-9(12)10(13)6-8/h2-4,6,11,15H,1,5,7,14H2. The first kappa shape index (κ1) is 12.7. The van der Waals surface area contributed by atoms with Crippen LogP contribution in [-0.4, -0.2) is 13.1 Å². The number of rotatable bonds is 5. The molecule has 0 aliphatic heterocycles. The van der Waals surface area contributed by atoms with Gasteiger partial charge in [-0.15, -0.1) is 6.58 Å². The molecule has 0 spiro atoms. The Labute approximate surface area is 104 Å². The van der Waals surface area contributed by atoms with E-state index in [-0.39, 0.29) is 6.04 Å². The molecule has 0 radical (unpaired) electrons. The monoisotopic (exact) mass is 288 g/mol. The molecular formula is C11H14BrClN2. The van der Waals surface area contributed by atoms with Gasteiger partial charge in [-0.2, -0.15) is 0 Å². The number of hydrogen-bond acceptors (Lipinski definition) is 2. The van der Waals surface area contributed by atoms with Crippen molar-refractivity contribution in [2.24, 2.45) is 5.73 Å². The third kappa shape index (κ3) is 3.61. The molecule has 0 amide bonds. The van der Waals surface area contributed by atoms with Crippen LogP contribution in [-0.2, 0) is 0 Å². The number of hydrogen-bond donors (Lipinski definition) is 2. The lowest BCUT2D eigenvalue weighted by atomic mass is 10.1. The van der Waals surface area contributed by atoms with E-state index in [0.717, 1.165) is 16.6 Å². The Kier molecular flexibility index (Phi) is 5.32. The van der Waals surface area contributed by atoms with Crippen LogP contribution < -0.4 is 11.1 Å². The van der Waals surface area contributed by atoms with E-state index in [9.17, 15) is 0 Å². The van der Waals surface area contributed by atoms with Gasteiger partial charge in [-0.25, -0.2) is 0 Å². The molecular weight excluding hydrogens is 275 g/mol. The number of nitrogens with one attached hydrogen (secondary N) is 1. The van der Waals surface area contributed by atoms with Gasteiger partial charge in [0.1, 0.15) is 0 Å². The van der Waals surface area contributed by atoms with Crippen molar-refractivity contribution in [2.75, 3.05) is 13.1 Å². The van der Waals surface area contributed by atoms with Gasteiger partial charge in [0.25, 0.3) is 0 Å². The maximum atomic E-state index is 6.01. The van der Waals surface area contributed by atoms with Crippen LogP contribution in [0.15, 0.2) is 35.3 Å². The molecule has 1 unspecified atom stereocenters. The fourth-order valence-corrected chi connectivity index (χ4v) is 1.73. The maximum absolute atomic E-state index is 6.01. The van der Waals surface area contributed by atoms with Gasteiger partial charge in [0.15, 0.2) is 0 Å². The zero-order valence-corrected chi connectivity index (χ0v) is 10.7. The zero-order chi connectivity index (χ0) is 11.3. The van der Waals surface area contributed by atoms with Crippen molar-refractivity contribution >= 4 is 27.5 Å². The van der Waals surface area contributed by atoms with Crippen molar-refractivity contribution in [3.8, 4) is 0 Å². The molecule has 0 fully saturated rings. The molecule has 0 saturated heterocycles. The van der Waals surface area contributed by atoms with E-state index in [1.165, 1.54) is 0 Å². The van der Waals surface area contributed by atoms with Crippen molar-refractivity contribution in [1.82, 2.24) is 5.32 Å². The molecule has 0 aliphatic rings. The Balaban J connectivity index is 2.82. The smallest absolute Gasteiger partial charge is 0.0551 e. The van der Waals surface area contributed by atoms with E-state index >= 15 is 0 Å². The quantitative estimate of drug-likeness (QED) is 0.818. The first-order chi connectivity index (χ1) is 7.19. The zero-order valence-electron chi connectivity index (χ0n) is 8.34. The predicted molar refractivity (Wildman–Crippen MR) is 69.1 cm³/mol. The summed E-state index contributed by atoms with van der Waals surface area (Å²) in [5, 5.41) is 3.97. The summed E-state index contributed by atoms with van der Waals surface area (Å²) in [5.41, 5.74) is 6.77. The van der Waals surface area contributed by atoms with Gasteiger partial charge in [0.05, 0.1) is 5.02 Å². The van der Waals surface area contributed by atoms with Crippen LogP contribution in [0.5, 0.6) is 0 Å². The molecule has 4 heteroatoms. The van der Waals surface area contributed by atoms with Crippen molar-refractivity contribution in [3.05, 3.63) is 45.9 Å². The predicted octanol–water partition coefficient (Wildman–Crippen LogP) is 2.88. The van der Waals surface area contributed by atoms with Gasteiger partial charge in [-0.1, -0.05) is 23.7 Å². The molecule has 1 aromatic carbocycles. The minimum Gasteiger partial charge on any atom is -0.329 e. The van der Waals surface area contributed by atoms with Gasteiger partial charge in [-0.05, 0) is 33.6 Å². The molecule has 1 rings (SSSR count). The van der Waals surface area contributed by atoms with E-state index < -0.39 is 0 Å². The molecule has 0 aromatic heterocycles. The SMILES string of the molecule is C=CCNC(CN)c1ccc(Br)c(Cl)c1. The van der Waals surface area contributed by atoms with Gasteiger partial charge in [0, 0.05) is 23.6 Å². The second kappa shape index (κ2) is 6.28. The van der Waals surface area contributed by atoms with Crippen molar-refractivity contribution < 1.29 is 0 Å². The van der Waals surface area contributed by atoms with Gasteiger partial charge < -0.3 is 11.1 Å². The second-order valence-electron chi connectivity index (χ2n) is 3.16. The lowest BCUT2D eigenvalue weighted by molar-refractivity contribution is 0.577. The Morgan fingerprint density at radius 2 is 2.33 bits per heavy atom. The molecule has 0 heterocycles. The summed E-state index contributed by atoms with van der Waals surface area (Å²) in [6, 6.07) is 5.97. The highest BCUT2D eigenvalue weighted by Gasteiger charge is 2.09. The third-order valence-electron chi connectivity index (χ3n) is 2.09. The summed E-state index contributed by atoms with van der Waals surface area (Å²) < 4.78 is 0.896. The molecule has 0 saturated carbocycles. The van der Waals surface area contributed by atoms with Gasteiger partial charge in [-0.3, -0.25) is 0 Å². The molecule has 82 valence electrons. The Morgan fingerprint density at radius 3 is 2.87 bits per heavy atom. The summed E-state index contributed by atoms with van der Waals surface area (Å²) in [7, 11) is 0.